The van der Waals surface area contributed by atoms with Crippen molar-refractivity contribution in [3.05, 3.63) is 65.7 Å². The first kappa shape index (κ1) is 15.0. The first-order valence-corrected chi connectivity index (χ1v) is 6.57. The summed E-state index contributed by atoms with van der Waals surface area (Å²) in [6.07, 6.45) is 0.294. The van der Waals surface area contributed by atoms with Crippen molar-refractivity contribution < 1.29 is 13.6 Å². The second-order valence-corrected chi connectivity index (χ2v) is 4.77. The third kappa shape index (κ3) is 3.02. The van der Waals surface area contributed by atoms with Crippen molar-refractivity contribution in [3.63, 3.8) is 0 Å². The molecule has 0 saturated carbocycles. The maximum absolute atomic E-state index is 13.5. The number of hydrogen-bond donors (Lipinski definition) is 2. The molecule has 1 amide bonds. The largest absolute Gasteiger partial charge is 0.368 e. The van der Waals surface area contributed by atoms with E-state index in [9.17, 15) is 13.6 Å². The quantitative estimate of drug-likeness (QED) is 0.888. The molecule has 0 heterocycles. The summed E-state index contributed by atoms with van der Waals surface area (Å²) in [7, 11) is 0. The highest BCUT2D eigenvalue weighted by Crippen LogP contribution is 2.30. The highest BCUT2D eigenvalue weighted by molar-refractivity contribution is 5.89. The van der Waals surface area contributed by atoms with Crippen LogP contribution in [-0.2, 0) is 10.3 Å². The molecule has 21 heavy (non-hydrogen) atoms. The van der Waals surface area contributed by atoms with Crippen molar-refractivity contribution in [2.75, 3.05) is 5.32 Å². The van der Waals surface area contributed by atoms with Gasteiger partial charge in [-0.2, -0.15) is 0 Å². The van der Waals surface area contributed by atoms with E-state index < -0.39 is 23.1 Å². The van der Waals surface area contributed by atoms with Crippen LogP contribution in [0.1, 0.15) is 18.9 Å². The van der Waals surface area contributed by atoms with Gasteiger partial charge >= 0.3 is 0 Å². The fourth-order valence-corrected chi connectivity index (χ4v) is 2.31. The van der Waals surface area contributed by atoms with E-state index in [4.69, 9.17) is 5.73 Å². The van der Waals surface area contributed by atoms with Gasteiger partial charge in [0.2, 0.25) is 5.91 Å². The Kier molecular flexibility index (Phi) is 4.21. The number of hydrogen-bond acceptors (Lipinski definition) is 2. The maximum atomic E-state index is 13.5. The Balaban J connectivity index is 2.49. The summed E-state index contributed by atoms with van der Waals surface area (Å²) in [5.74, 6) is -1.55. The molecule has 1 atom stereocenters. The van der Waals surface area contributed by atoms with E-state index in [2.05, 4.69) is 5.32 Å². The van der Waals surface area contributed by atoms with Crippen LogP contribution in [0.3, 0.4) is 0 Å². The van der Waals surface area contributed by atoms with Gasteiger partial charge in [-0.25, -0.2) is 8.78 Å². The van der Waals surface area contributed by atoms with Gasteiger partial charge in [-0.1, -0.05) is 25.1 Å². The Bertz CT molecular complexity index is 660. The molecule has 2 aromatic rings. The Morgan fingerprint density at radius 3 is 2.29 bits per heavy atom. The average Bonchev–Trinajstić information content (AvgIpc) is 2.44. The highest BCUT2D eigenvalue weighted by atomic mass is 19.1. The zero-order valence-electron chi connectivity index (χ0n) is 11.6. The third-order valence-corrected chi connectivity index (χ3v) is 3.45. The molecule has 0 aliphatic heterocycles. The van der Waals surface area contributed by atoms with E-state index in [1.54, 1.807) is 19.1 Å². The molecule has 110 valence electrons. The van der Waals surface area contributed by atoms with Gasteiger partial charge in [0, 0.05) is 5.69 Å². The summed E-state index contributed by atoms with van der Waals surface area (Å²) in [6.45, 7) is 1.75. The molecule has 0 spiro atoms. The lowest BCUT2D eigenvalue weighted by Gasteiger charge is -2.32. The van der Waals surface area contributed by atoms with Crippen LogP contribution in [0.25, 0.3) is 0 Å². The fourth-order valence-electron chi connectivity index (χ4n) is 2.31. The first-order chi connectivity index (χ1) is 9.98. The van der Waals surface area contributed by atoms with Gasteiger partial charge in [0.1, 0.15) is 17.2 Å². The lowest BCUT2D eigenvalue weighted by molar-refractivity contribution is -0.122. The van der Waals surface area contributed by atoms with Crippen LogP contribution in [0.5, 0.6) is 0 Å². The van der Waals surface area contributed by atoms with Crippen molar-refractivity contribution in [2.24, 2.45) is 5.73 Å². The molecule has 1 unspecified atom stereocenters. The minimum atomic E-state index is -1.30. The van der Waals surface area contributed by atoms with E-state index in [0.717, 1.165) is 0 Å². The predicted octanol–water partition coefficient (Wildman–Crippen LogP) is 3.17. The number of carbonyl (C=O) groups is 1. The fraction of sp³-hybridized carbons (Fsp3) is 0.188. The standard InChI is InChI=1S/C16H16F2N2O/c1-2-16(15(19)21,11-5-3-6-12(17)9-11)20-14-8-4-7-13(18)10-14/h3-10,20H,2H2,1H3,(H2,19,21). The van der Waals surface area contributed by atoms with Gasteiger partial charge in [0.05, 0.1) is 0 Å². The topological polar surface area (TPSA) is 55.1 Å². The molecule has 2 aromatic carbocycles. The Morgan fingerprint density at radius 1 is 1.14 bits per heavy atom. The Labute approximate surface area is 121 Å². The van der Waals surface area contributed by atoms with Crippen molar-refractivity contribution in [1.82, 2.24) is 0 Å². The van der Waals surface area contributed by atoms with E-state index in [-0.39, 0.29) is 0 Å². The van der Waals surface area contributed by atoms with Crippen LogP contribution in [0, 0.1) is 11.6 Å². The summed E-state index contributed by atoms with van der Waals surface area (Å²) in [5.41, 5.74) is 5.04. The van der Waals surface area contributed by atoms with Crippen LogP contribution in [0.15, 0.2) is 48.5 Å². The lowest BCUT2D eigenvalue weighted by Crippen LogP contribution is -2.47. The Hall–Kier alpha value is -2.43. The zero-order chi connectivity index (χ0) is 15.5. The molecule has 3 N–H and O–H groups in total. The molecule has 5 heteroatoms. The van der Waals surface area contributed by atoms with Crippen LogP contribution in [-0.4, -0.2) is 5.91 Å². The van der Waals surface area contributed by atoms with E-state index >= 15 is 0 Å². The average molecular weight is 290 g/mol. The first-order valence-electron chi connectivity index (χ1n) is 6.57. The second kappa shape index (κ2) is 5.91. The molecule has 0 aromatic heterocycles. The van der Waals surface area contributed by atoms with E-state index in [1.165, 1.54) is 36.4 Å². The van der Waals surface area contributed by atoms with E-state index in [0.29, 0.717) is 17.7 Å². The van der Waals surface area contributed by atoms with Crippen LogP contribution in [0.4, 0.5) is 14.5 Å². The number of benzene rings is 2. The molecule has 0 saturated heterocycles. The van der Waals surface area contributed by atoms with Gasteiger partial charge in [0.25, 0.3) is 0 Å². The normalized spacial score (nSPS) is 13.5. The summed E-state index contributed by atoms with van der Waals surface area (Å²) >= 11 is 0. The maximum Gasteiger partial charge on any atom is 0.247 e. The molecule has 0 aliphatic carbocycles. The number of halogens is 2. The summed E-state index contributed by atoms with van der Waals surface area (Å²) < 4.78 is 26.8. The molecule has 0 bridgehead atoms. The van der Waals surface area contributed by atoms with Crippen molar-refractivity contribution >= 4 is 11.6 Å². The van der Waals surface area contributed by atoms with Crippen molar-refractivity contribution in [3.8, 4) is 0 Å². The Morgan fingerprint density at radius 2 is 1.76 bits per heavy atom. The molecule has 3 nitrogen and oxygen atoms in total. The van der Waals surface area contributed by atoms with Crippen LogP contribution >= 0.6 is 0 Å². The summed E-state index contributed by atoms with van der Waals surface area (Å²) in [5, 5.41) is 2.94. The van der Waals surface area contributed by atoms with E-state index in [1.807, 2.05) is 0 Å². The smallest absolute Gasteiger partial charge is 0.247 e. The SMILES string of the molecule is CCC(Nc1cccc(F)c1)(C(N)=O)c1cccc(F)c1. The van der Waals surface area contributed by atoms with Crippen LogP contribution < -0.4 is 11.1 Å². The zero-order valence-corrected chi connectivity index (χ0v) is 11.6. The summed E-state index contributed by atoms with van der Waals surface area (Å²) in [4.78, 5) is 12.0. The molecular formula is C16H16F2N2O. The number of anilines is 1. The highest BCUT2D eigenvalue weighted by Gasteiger charge is 2.37. The summed E-state index contributed by atoms with van der Waals surface area (Å²) in [6, 6.07) is 11.3. The molecule has 0 aliphatic rings. The monoisotopic (exact) mass is 290 g/mol. The molecule has 2 rings (SSSR count). The third-order valence-electron chi connectivity index (χ3n) is 3.45. The van der Waals surface area contributed by atoms with Gasteiger partial charge in [-0.3, -0.25) is 4.79 Å². The minimum absolute atomic E-state index is 0.294. The molecule has 0 fully saturated rings. The molecule has 0 radical (unpaired) electrons. The number of nitrogens with two attached hydrogens (primary N) is 1. The van der Waals surface area contributed by atoms with Crippen molar-refractivity contribution in [1.29, 1.82) is 0 Å². The van der Waals surface area contributed by atoms with Gasteiger partial charge in [-0.05, 0) is 42.3 Å². The van der Waals surface area contributed by atoms with Gasteiger partial charge < -0.3 is 11.1 Å². The minimum Gasteiger partial charge on any atom is -0.368 e. The van der Waals surface area contributed by atoms with Gasteiger partial charge in [0.15, 0.2) is 0 Å². The van der Waals surface area contributed by atoms with Gasteiger partial charge in [-0.15, -0.1) is 0 Å². The number of amides is 1. The number of rotatable bonds is 5. The predicted molar refractivity (Wildman–Crippen MR) is 77.6 cm³/mol. The lowest BCUT2D eigenvalue weighted by atomic mass is 9.86. The van der Waals surface area contributed by atoms with Crippen molar-refractivity contribution in [2.45, 2.75) is 18.9 Å². The second-order valence-electron chi connectivity index (χ2n) is 4.77. The number of primary amides is 1. The number of carbonyl (C=O) groups excluding carboxylic acids is 1. The molecular weight excluding hydrogens is 274 g/mol. The number of nitrogens with one attached hydrogen (secondary N) is 1. The van der Waals surface area contributed by atoms with Crippen LogP contribution in [0.2, 0.25) is 0 Å².